The summed E-state index contributed by atoms with van der Waals surface area (Å²) in [5.41, 5.74) is 1.23. The first-order valence-corrected chi connectivity index (χ1v) is 10.8. The molecule has 0 aliphatic rings. The molecule has 0 saturated carbocycles. The van der Waals surface area contributed by atoms with Crippen molar-refractivity contribution in [2.75, 3.05) is 42.3 Å². The van der Waals surface area contributed by atoms with Crippen LogP contribution in [0, 0.1) is 0 Å². The first kappa shape index (κ1) is 22.3. The third-order valence-corrected chi connectivity index (χ3v) is 9.19. The van der Waals surface area contributed by atoms with Crippen LogP contribution in [-0.2, 0) is 0 Å². The number of hydrogen-bond donors (Lipinski definition) is 0. The molecule has 0 bridgehead atoms. The van der Waals surface area contributed by atoms with E-state index >= 15 is 0 Å². The molecule has 0 heterocycles. The Balaban J connectivity index is 2.74. The van der Waals surface area contributed by atoms with Gasteiger partial charge in [-0.3, -0.25) is 23.6 Å². The van der Waals surface area contributed by atoms with E-state index in [0.29, 0.717) is 16.4 Å². The van der Waals surface area contributed by atoms with E-state index < -0.39 is 7.34 Å². The summed E-state index contributed by atoms with van der Waals surface area (Å²) in [5.74, 6) is -0.121. The highest BCUT2D eigenvalue weighted by atomic mass is 31.2. The van der Waals surface area contributed by atoms with Gasteiger partial charge in [-0.1, -0.05) is 60.7 Å². The Morgan fingerprint density at radius 2 is 1.07 bits per heavy atom. The summed E-state index contributed by atoms with van der Waals surface area (Å²) in [4.78, 5) is 26.7. The zero-order valence-corrected chi connectivity index (χ0v) is 18.5. The molecule has 150 valence electrons. The normalized spacial score (nSPS) is 11.9. The van der Waals surface area contributed by atoms with Crippen LogP contribution in [0.5, 0.6) is 0 Å². The molecule has 0 atom stereocenters. The highest BCUT2D eigenvalue weighted by Crippen LogP contribution is 2.55. The Labute approximate surface area is 168 Å². The summed E-state index contributed by atoms with van der Waals surface area (Å²) in [7, 11) is 9.46. The second kappa shape index (κ2) is 9.44. The number of carbonyl (C=O) groups is 2. The average Bonchev–Trinajstić information content (AvgIpc) is 2.67. The van der Waals surface area contributed by atoms with Gasteiger partial charge in [-0.05, 0) is 42.3 Å². The molecule has 0 N–H and O–H groups in total. The lowest BCUT2D eigenvalue weighted by Crippen LogP contribution is -2.38. The number of carbonyl (C=O) groups excluding carboxylic acids is 2. The average molecular weight is 399 g/mol. The van der Waals surface area contributed by atoms with Crippen LogP contribution in [0.2, 0.25) is 0 Å². The van der Waals surface area contributed by atoms with E-state index in [-0.39, 0.29) is 18.0 Å². The molecule has 5 nitrogen and oxygen atoms in total. The second-order valence-corrected chi connectivity index (χ2v) is 11.3. The van der Waals surface area contributed by atoms with E-state index in [4.69, 9.17) is 0 Å². The third-order valence-electron chi connectivity index (χ3n) is 4.76. The minimum atomic E-state index is -2.37. The largest absolute Gasteiger partial charge is 0.294 e. The summed E-state index contributed by atoms with van der Waals surface area (Å²) >= 11 is 0. The smallest absolute Gasteiger partial charge is 0.193 e. The first-order chi connectivity index (χ1) is 13.2. The molecule has 2 aromatic rings. The third kappa shape index (κ3) is 4.34. The van der Waals surface area contributed by atoms with Gasteiger partial charge in [-0.15, -0.1) is 0 Å². The fourth-order valence-corrected chi connectivity index (χ4v) is 8.11. The topological polar surface area (TPSA) is 43.9 Å². The predicted molar refractivity (Wildman–Crippen MR) is 119 cm³/mol. The van der Waals surface area contributed by atoms with Crippen LogP contribution in [-0.4, -0.2) is 73.2 Å². The molecular weight excluding hydrogens is 369 g/mol. The minimum absolute atomic E-state index is 0.0465. The summed E-state index contributed by atoms with van der Waals surface area (Å²) < 4.78 is 6.25. The quantitative estimate of drug-likeness (QED) is 0.500. The highest BCUT2D eigenvalue weighted by molar-refractivity contribution is 7.71. The Bertz CT molecular complexity index is 847. The maximum absolute atomic E-state index is 13.6. The summed E-state index contributed by atoms with van der Waals surface area (Å²) in [6, 6.07) is 18.4. The molecule has 2 rings (SSSR count). The number of Topliss-reactive ketones (excluding diaryl/α,β-unsaturated/α-hetero) is 2. The zero-order chi connectivity index (χ0) is 20.9. The van der Waals surface area contributed by atoms with Crippen molar-refractivity contribution in [3.05, 3.63) is 71.8 Å². The lowest BCUT2D eigenvalue weighted by molar-refractivity contribution is 0.0986. The van der Waals surface area contributed by atoms with Crippen molar-refractivity contribution in [1.82, 2.24) is 14.0 Å². The molecule has 0 amide bonds. The monoisotopic (exact) mass is 399 g/mol. The molecule has 0 saturated heterocycles. The Kier molecular flexibility index (Phi) is 7.50. The van der Waals surface area contributed by atoms with Crippen LogP contribution in [0.25, 0.3) is 0 Å². The van der Waals surface area contributed by atoms with Gasteiger partial charge in [-0.25, -0.2) is 0 Å². The zero-order valence-electron chi connectivity index (χ0n) is 17.6. The van der Waals surface area contributed by atoms with E-state index in [2.05, 4.69) is 14.0 Å². The summed E-state index contributed by atoms with van der Waals surface area (Å²) in [6.45, 7) is 0. The predicted octanol–water partition coefficient (Wildman–Crippen LogP) is 3.76. The van der Waals surface area contributed by atoms with Gasteiger partial charge in [0.15, 0.2) is 11.6 Å². The van der Waals surface area contributed by atoms with Crippen LogP contribution in [0.15, 0.2) is 60.7 Å². The molecule has 0 aromatic heterocycles. The molecule has 6 heteroatoms. The standard InChI is InChI=1S/C22H30N3O2P/c1-23(2)28(24(3)4,25(5)6)21(22(27)19-15-11-8-12-16-19)17-20(26)18-13-9-7-10-14-18/h7-16H,17H2,1-6H3. The van der Waals surface area contributed by atoms with Crippen LogP contribution in [0.3, 0.4) is 0 Å². The maximum atomic E-state index is 13.6. The van der Waals surface area contributed by atoms with Crippen molar-refractivity contribution in [1.29, 1.82) is 0 Å². The lowest BCUT2D eigenvalue weighted by atomic mass is 10.0. The van der Waals surface area contributed by atoms with E-state index in [1.165, 1.54) is 0 Å². The van der Waals surface area contributed by atoms with E-state index in [0.717, 1.165) is 0 Å². The molecular formula is C22H30N3O2P. The summed E-state index contributed by atoms with van der Waals surface area (Å²) in [6.07, 6.45) is 0.0834. The van der Waals surface area contributed by atoms with Gasteiger partial charge in [0.25, 0.3) is 0 Å². The molecule has 0 aliphatic heterocycles. The van der Waals surface area contributed by atoms with Crippen LogP contribution >= 0.6 is 7.34 Å². The van der Waals surface area contributed by atoms with Gasteiger partial charge in [0.05, 0.1) is 7.34 Å². The molecule has 28 heavy (non-hydrogen) atoms. The number of rotatable bonds is 8. The molecule has 0 aliphatic carbocycles. The Hall–Kier alpha value is -2.04. The van der Waals surface area contributed by atoms with Gasteiger partial charge in [0.1, 0.15) is 0 Å². The van der Waals surface area contributed by atoms with Gasteiger partial charge < -0.3 is 0 Å². The Morgan fingerprint density at radius 3 is 1.46 bits per heavy atom. The molecule has 2 aromatic carbocycles. The van der Waals surface area contributed by atoms with Gasteiger partial charge in [0.2, 0.25) is 0 Å². The van der Waals surface area contributed by atoms with Crippen LogP contribution < -0.4 is 0 Å². The maximum Gasteiger partial charge on any atom is 0.193 e. The van der Waals surface area contributed by atoms with Gasteiger partial charge >= 0.3 is 0 Å². The van der Waals surface area contributed by atoms with E-state index in [1.54, 1.807) is 12.1 Å². The highest BCUT2D eigenvalue weighted by Gasteiger charge is 2.35. The molecule has 0 fully saturated rings. The SMILES string of the molecule is CN(C)P(=C(CC(=O)c1ccccc1)C(=O)c1ccccc1)(N(C)C)N(C)C. The van der Waals surface area contributed by atoms with Crippen molar-refractivity contribution >= 4 is 24.2 Å². The molecule has 0 radical (unpaired) electrons. The number of nitrogens with zero attached hydrogens (tertiary/aromatic N) is 3. The van der Waals surface area contributed by atoms with Gasteiger partial charge in [0, 0.05) is 22.8 Å². The number of benzene rings is 2. The van der Waals surface area contributed by atoms with Crippen molar-refractivity contribution < 1.29 is 9.59 Å². The summed E-state index contributed by atoms with van der Waals surface area (Å²) in [5, 5.41) is 0.632. The van der Waals surface area contributed by atoms with Crippen molar-refractivity contribution in [3.8, 4) is 0 Å². The molecule has 0 unspecified atom stereocenters. The van der Waals surface area contributed by atoms with E-state index in [9.17, 15) is 9.59 Å². The Morgan fingerprint density at radius 1 is 0.679 bits per heavy atom. The van der Waals surface area contributed by atoms with Crippen molar-refractivity contribution in [2.45, 2.75) is 6.42 Å². The minimum Gasteiger partial charge on any atom is -0.294 e. The number of ketones is 2. The second-order valence-electron chi connectivity index (χ2n) is 7.22. The fourth-order valence-electron chi connectivity index (χ4n) is 3.75. The van der Waals surface area contributed by atoms with E-state index in [1.807, 2.05) is 90.8 Å². The number of hydrogen-bond acceptors (Lipinski definition) is 5. The van der Waals surface area contributed by atoms with Crippen LogP contribution in [0.1, 0.15) is 27.1 Å². The fraction of sp³-hybridized carbons (Fsp3) is 0.318. The van der Waals surface area contributed by atoms with Gasteiger partial charge in [-0.2, -0.15) is 0 Å². The van der Waals surface area contributed by atoms with Crippen LogP contribution in [0.4, 0.5) is 0 Å². The molecule has 0 spiro atoms. The van der Waals surface area contributed by atoms with Crippen molar-refractivity contribution in [2.24, 2.45) is 0 Å². The lowest BCUT2D eigenvalue weighted by Gasteiger charge is -2.45. The van der Waals surface area contributed by atoms with Crippen molar-refractivity contribution in [3.63, 3.8) is 0 Å². The first-order valence-electron chi connectivity index (χ1n) is 9.19.